The number of hydrogen-bond acceptors (Lipinski definition) is 2. The van der Waals surface area contributed by atoms with E-state index >= 15 is 0 Å². The minimum absolute atomic E-state index is 0.817. The number of nitrogens with one attached hydrogen (secondary N) is 1. The summed E-state index contributed by atoms with van der Waals surface area (Å²) in [6.07, 6.45) is 6.30. The summed E-state index contributed by atoms with van der Waals surface area (Å²) < 4.78 is 0. The van der Waals surface area contributed by atoms with Gasteiger partial charge >= 0.3 is 0 Å². The van der Waals surface area contributed by atoms with Crippen LogP contribution in [0.4, 0.5) is 11.4 Å². The summed E-state index contributed by atoms with van der Waals surface area (Å²) in [6, 6.07) is 8.05. The zero-order chi connectivity index (χ0) is 13.7. The van der Waals surface area contributed by atoms with Gasteiger partial charge in [-0.2, -0.15) is 0 Å². The van der Waals surface area contributed by atoms with Crippen molar-refractivity contribution in [2.75, 3.05) is 5.73 Å². The van der Waals surface area contributed by atoms with Crippen molar-refractivity contribution in [3.8, 4) is 0 Å². The lowest BCUT2D eigenvalue weighted by Crippen LogP contribution is -2.03. The zero-order valence-electron chi connectivity index (χ0n) is 11.1. The summed E-state index contributed by atoms with van der Waals surface area (Å²) in [4.78, 5) is 8.09. The van der Waals surface area contributed by atoms with E-state index in [-0.39, 0.29) is 0 Å². The third-order valence-electron chi connectivity index (χ3n) is 4.01. The fraction of sp³-hybridized carbons (Fsp3) is 0.118. The molecule has 0 fully saturated rings. The van der Waals surface area contributed by atoms with Crippen LogP contribution >= 0.6 is 0 Å². The third-order valence-corrected chi connectivity index (χ3v) is 4.01. The van der Waals surface area contributed by atoms with Gasteiger partial charge in [-0.3, -0.25) is 0 Å². The van der Waals surface area contributed by atoms with Crippen LogP contribution in [0, 0.1) is 0 Å². The summed E-state index contributed by atoms with van der Waals surface area (Å²) in [5.74, 6) is 0. The summed E-state index contributed by atoms with van der Waals surface area (Å²) in [6.45, 7) is 4.18. The molecule has 0 radical (unpaired) electrons. The van der Waals surface area contributed by atoms with Crippen molar-refractivity contribution in [1.82, 2.24) is 4.98 Å². The Labute approximate surface area is 117 Å². The van der Waals surface area contributed by atoms with Gasteiger partial charge in [0.15, 0.2) is 0 Å². The Kier molecular flexibility index (Phi) is 2.24. The zero-order valence-corrected chi connectivity index (χ0v) is 11.1. The van der Waals surface area contributed by atoms with E-state index in [0.29, 0.717) is 0 Å². The highest BCUT2D eigenvalue weighted by Crippen LogP contribution is 2.38. The highest BCUT2D eigenvalue weighted by molar-refractivity contribution is 6.36. The lowest BCUT2D eigenvalue weighted by molar-refractivity contribution is 0.987. The predicted octanol–water partition coefficient (Wildman–Crippen LogP) is 3.70. The molecule has 2 aromatic rings. The Morgan fingerprint density at radius 2 is 2.10 bits per heavy atom. The summed E-state index contributed by atoms with van der Waals surface area (Å²) >= 11 is 0. The van der Waals surface area contributed by atoms with E-state index in [1.54, 1.807) is 0 Å². The standard InChI is InChI=1S/C17H15N3/c1-10-11-6-2-4-8-13(11)19-16(10)17-15(18)12-7-3-5-9-14(12)20-17/h2,4-6,8-9,20H,1,3,7,18H2. The fourth-order valence-corrected chi connectivity index (χ4v) is 2.95. The number of aromatic nitrogens is 1. The molecule has 1 aromatic carbocycles. The van der Waals surface area contributed by atoms with Crippen LogP contribution < -0.4 is 5.73 Å². The van der Waals surface area contributed by atoms with Gasteiger partial charge in [0, 0.05) is 22.4 Å². The number of anilines is 1. The van der Waals surface area contributed by atoms with Crippen LogP contribution in [-0.4, -0.2) is 10.7 Å². The van der Waals surface area contributed by atoms with Crippen LogP contribution in [0.1, 0.15) is 28.9 Å². The van der Waals surface area contributed by atoms with Gasteiger partial charge in [-0.15, -0.1) is 0 Å². The van der Waals surface area contributed by atoms with Crippen molar-refractivity contribution in [3.05, 3.63) is 59.4 Å². The molecule has 0 saturated carbocycles. The molecule has 2 aliphatic rings. The normalized spacial score (nSPS) is 16.0. The highest BCUT2D eigenvalue weighted by Gasteiger charge is 2.25. The highest BCUT2D eigenvalue weighted by atomic mass is 14.9. The fourth-order valence-electron chi connectivity index (χ4n) is 2.95. The van der Waals surface area contributed by atoms with Gasteiger partial charge in [-0.05, 0) is 25.0 Å². The molecule has 0 atom stereocenters. The molecule has 0 amide bonds. The molecule has 0 bridgehead atoms. The first-order valence-corrected chi connectivity index (χ1v) is 6.80. The molecule has 2 heterocycles. The van der Waals surface area contributed by atoms with Crippen molar-refractivity contribution in [3.63, 3.8) is 0 Å². The van der Waals surface area contributed by atoms with Crippen molar-refractivity contribution < 1.29 is 0 Å². The van der Waals surface area contributed by atoms with Crippen molar-refractivity contribution >= 4 is 28.7 Å². The van der Waals surface area contributed by atoms with E-state index in [0.717, 1.165) is 52.5 Å². The maximum absolute atomic E-state index is 6.31. The van der Waals surface area contributed by atoms with E-state index in [9.17, 15) is 0 Å². The molecular weight excluding hydrogens is 246 g/mol. The minimum Gasteiger partial charge on any atom is -0.397 e. The SMILES string of the molecule is C=C1C(c2[nH]c3c(c2N)CCC=C3)=Nc2ccccc21. The van der Waals surface area contributed by atoms with Crippen LogP contribution in [0.5, 0.6) is 0 Å². The second kappa shape index (κ2) is 3.97. The van der Waals surface area contributed by atoms with Gasteiger partial charge < -0.3 is 10.7 Å². The van der Waals surface area contributed by atoms with Crippen LogP contribution in [0.2, 0.25) is 0 Å². The van der Waals surface area contributed by atoms with E-state index < -0.39 is 0 Å². The Morgan fingerprint density at radius 1 is 1.25 bits per heavy atom. The van der Waals surface area contributed by atoms with Crippen LogP contribution in [0.25, 0.3) is 11.6 Å². The predicted molar refractivity (Wildman–Crippen MR) is 84.2 cm³/mol. The minimum atomic E-state index is 0.817. The Bertz CT molecular complexity index is 791. The van der Waals surface area contributed by atoms with Crippen molar-refractivity contribution in [2.24, 2.45) is 4.99 Å². The maximum atomic E-state index is 6.31. The number of allylic oxidation sites excluding steroid dienone is 2. The number of aromatic amines is 1. The maximum Gasteiger partial charge on any atom is 0.0966 e. The second-order valence-corrected chi connectivity index (χ2v) is 5.20. The Morgan fingerprint density at radius 3 is 2.90 bits per heavy atom. The van der Waals surface area contributed by atoms with E-state index in [1.165, 1.54) is 5.56 Å². The molecule has 20 heavy (non-hydrogen) atoms. The average molecular weight is 261 g/mol. The molecule has 0 saturated heterocycles. The molecule has 3 heteroatoms. The number of rotatable bonds is 1. The molecule has 1 aliphatic carbocycles. The van der Waals surface area contributed by atoms with Gasteiger partial charge in [0.1, 0.15) is 0 Å². The van der Waals surface area contributed by atoms with Gasteiger partial charge in [0.25, 0.3) is 0 Å². The molecule has 3 nitrogen and oxygen atoms in total. The second-order valence-electron chi connectivity index (χ2n) is 5.20. The molecular formula is C17H15N3. The number of nitrogens with zero attached hydrogens (tertiary/aromatic N) is 1. The van der Waals surface area contributed by atoms with Crippen molar-refractivity contribution in [2.45, 2.75) is 12.8 Å². The summed E-state index contributed by atoms with van der Waals surface area (Å²) in [5, 5.41) is 0. The van der Waals surface area contributed by atoms with E-state index in [1.807, 2.05) is 24.3 Å². The first kappa shape index (κ1) is 11.3. The Balaban J connectivity index is 1.87. The topological polar surface area (TPSA) is 54.2 Å². The third kappa shape index (κ3) is 1.43. The molecule has 98 valence electrons. The number of fused-ring (bicyclic) bond motifs is 2. The Hall–Kier alpha value is -2.55. The number of aliphatic imine (C=N–C) groups is 1. The lowest BCUT2D eigenvalue weighted by atomic mass is 10.00. The van der Waals surface area contributed by atoms with Gasteiger partial charge in [-0.1, -0.05) is 30.9 Å². The lowest BCUT2D eigenvalue weighted by Gasteiger charge is -2.05. The van der Waals surface area contributed by atoms with Gasteiger partial charge in [-0.25, -0.2) is 4.99 Å². The molecule has 0 spiro atoms. The van der Waals surface area contributed by atoms with Gasteiger partial charge in [0.05, 0.1) is 22.8 Å². The van der Waals surface area contributed by atoms with Crippen LogP contribution in [-0.2, 0) is 6.42 Å². The van der Waals surface area contributed by atoms with Gasteiger partial charge in [0.2, 0.25) is 0 Å². The first-order valence-electron chi connectivity index (χ1n) is 6.80. The van der Waals surface area contributed by atoms with Crippen LogP contribution in [0.3, 0.4) is 0 Å². The monoisotopic (exact) mass is 261 g/mol. The first-order chi connectivity index (χ1) is 9.75. The quantitative estimate of drug-likeness (QED) is 0.808. The number of benzene rings is 1. The molecule has 3 N–H and O–H groups in total. The number of nitrogen functional groups attached to an aromatic ring is 1. The molecule has 4 rings (SSSR count). The number of nitrogens with two attached hydrogens (primary N) is 1. The van der Waals surface area contributed by atoms with Crippen LogP contribution in [0.15, 0.2) is 41.9 Å². The average Bonchev–Trinajstić information content (AvgIpc) is 2.98. The van der Waals surface area contributed by atoms with Crippen molar-refractivity contribution in [1.29, 1.82) is 0 Å². The molecule has 1 aliphatic heterocycles. The molecule has 1 aromatic heterocycles. The number of hydrogen-bond donors (Lipinski definition) is 2. The smallest absolute Gasteiger partial charge is 0.0966 e. The van der Waals surface area contributed by atoms with E-state index in [4.69, 9.17) is 5.73 Å². The molecule has 0 unspecified atom stereocenters. The number of H-pyrrole nitrogens is 1. The van der Waals surface area contributed by atoms with E-state index in [2.05, 4.69) is 28.7 Å². The number of para-hydroxylation sites is 1. The largest absolute Gasteiger partial charge is 0.397 e. The summed E-state index contributed by atoms with van der Waals surface area (Å²) in [5.41, 5.74) is 14.2. The summed E-state index contributed by atoms with van der Waals surface area (Å²) in [7, 11) is 0.